The van der Waals surface area contributed by atoms with Crippen LogP contribution < -0.4 is 4.74 Å². The summed E-state index contributed by atoms with van der Waals surface area (Å²) in [6.45, 7) is 0.317. The summed E-state index contributed by atoms with van der Waals surface area (Å²) < 4.78 is 5.64. The van der Waals surface area contributed by atoms with Crippen LogP contribution in [0, 0.1) is 0 Å². The van der Waals surface area contributed by atoms with E-state index in [-0.39, 0.29) is 32.3 Å². The molecule has 0 spiro atoms. The average Bonchev–Trinajstić information content (AvgIpc) is 2.60. The van der Waals surface area contributed by atoms with Crippen LogP contribution in [0.2, 0.25) is 25.1 Å². The maximum Gasteiger partial charge on any atom is 0.303 e. The minimum absolute atomic E-state index is 0.131. The van der Waals surface area contributed by atoms with Gasteiger partial charge in [0.2, 0.25) is 0 Å². The van der Waals surface area contributed by atoms with Gasteiger partial charge in [-0.1, -0.05) is 76.2 Å². The van der Waals surface area contributed by atoms with Crippen LogP contribution in [0.4, 0.5) is 0 Å². The van der Waals surface area contributed by atoms with Crippen LogP contribution in [0.15, 0.2) is 24.3 Å². The third kappa shape index (κ3) is 5.11. The highest BCUT2D eigenvalue weighted by molar-refractivity contribution is 6.52. The van der Waals surface area contributed by atoms with E-state index in [2.05, 4.69) is 0 Å². The number of benzene rings is 2. The summed E-state index contributed by atoms with van der Waals surface area (Å²) in [7, 11) is 0. The molecule has 0 aliphatic rings. The van der Waals surface area contributed by atoms with Gasteiger partial charge in [0.1, 0.15) is 10.0 Å². The topological polar surface area (TPSA) is 46.5 Å². The van der Waals surface area contributed by atoms with Crippen LogP contribution in [0.5, 0.6) is 5.75 Å². The monoisotopic (exact) mass is 454 g/mol. The number of carboxylic acids is 1. The van der Waals surface area contributed by atoms with E-state index < -0.39 is 5.97 Å². The van der Waals surface area contributed by atoms with Gasteiger partial charge >= 0.3 is 5.97 Å². The van der Waals surface area contributed by atoms with Crippen molar-refractivity contribution >= 4 is 64.0 Å². The summed E-state index contributed by atoms with van der Waals surface area (Å²) in [5.41, 5.74) is 1.07. The third-order valence-corrected chi connectivity index (χ3v) is 5.65. The fourth-order valence-corrected chi connectivity index (χ4v) is 3.75. The van der Waals surface area contributed by atoms with Crippen LogP contribution in [-0.2, 0) is 4.79 Å². The molecular weight excluding hydrogens is 441 g/mol. The average molecular weight is 457 g/mol. The zero-order chi connectivity index (χ0) is 19.3. The number of aliphatic carboxylic acids is 1. The van der Waals surface area contributed by atoms with E-state index >= 15 is 0 Å². The van der Waals surface area contributed by atoms with Crippen LogP contribution in [0.1, 0.15) is 25.7 Å². The maximum atomic E-state index is 10.5. The summed E-state index contributed by atoms with van der Waals surface area (Å²) in [6.07, 6.45) is 2.07. The molecule has 2 aromatic carbocycles. The SMILES string of the molecule is O=C(O)CCCCCOc1c(Cl)c(Cl)c(-c2ccccc2Cl)c(Cl)c1Cl. The van der Waals surface area contributed by atoms with Crippen molar-refractivity contribution in [3.8, 4) is 16.9 Å². The highest BCUT2D eigenvalue weighted by atomic mass is 35.5. The van der Waals surface area contributed by atoms with Gasteiger partial charge in [0, 0.05) is 22.6 Å². The van der Waals surface area contributed by atoms with Gasteiger partial charge in [0.05, 0.1) is 16.7 Å². The van der Waals surface area contributed by atoms with Gasteiger partial charge in [0.15, 0.2) is 5.75 Å². The Morgan fingerprint density at radius 2 is 1.50 bits per heavy atom. The van der Waals surface area contributed by atoms with Crippen molar-refractivity contribution in [2.75, 3.05) is 6.61 Å². The Bertz CT molecular complexity index is 779. The lowest BCUT2D eigenvalue weighted by atomic mass is 10.1. The van der Waals surface area contributed by atoms with Gasteiger partial charge in [-0.05, 0) is 25.3 Å². The molecule has 140 valence electrons. The molecule has 0 unspecified atom stereocenters. The van der Waals surface area contributed by atoms with Crippen molar-refractivity contribution in [2.24, 2.45) is 0 Å². The lowest BCUT2D eigenvalue weighted by Crippen LogP contribution is -2.01. The Kier molecular flexibility index (Phi) is 8.18. The lowest BCUT2D eigenvalue weighted by Gasteiger charge is -2.17. The molecule has 2 rings (SSSR count). The lowest BCUT2D eigenvalue weighted by molar-refractivity contribution is -0.137. The summed E-state index contributed by atoms with van der Waals surface area (Å²) in [4.78, 5) is 10.5. The molecule has 0 heterocycles. The molecule has 0 saturated carbocycles. The summed E-state index contributed by atoms with van der Waals surface area (Å²) in [6, 6.07) is 7.08. The Morgan fingerprint density at radius 1 is 0.885 bits per heavy atom. The van der Waals surface area contributed by atoms with Crippen LogP contribution in [0.25, 0.3) is 11.1 Å². The van der Waals surface area contributed by atoms with E-state index in [0.717, 1.165) is 0 Å². The number of hydrogen-bond donors (Lipinski definition) is 1. The number of ether oxygens (including phenoxy) is 1. The number of halogens is 5. The fraction of sp³-hybridized carbons (Fsp3) is 0.278. The van der Waals surface area contributed by atoms with Crippen molar-refractivity contribution < 1.29 is 14.6 Å². The predicted octanol–water partition coefficient (Wildman–Crippen LogP) is 7.64. The first-order valence-electron chi connectivity index (χ1n) is 7.80. The Labute approximate surface area is 176 Å². The number of rotatable bonds is 8. The van der Waals surface area contributed by atoms with Gasteiger partial charge in [0.25, 0.3) is 0 Å². The Balaban J connectivity index is 2.20. The second kappa shape index (κ2) is 9.91. The predicted molar refractivity (Wildman–Crippen MR) is 109 cm³/mol. The molecule has 3 nitrogen and oxygen atoms in total. The molecule has 1 N–H and O–H groups in total. The van der Waals surface area contributed by atoms with E-state index in [4.69, 9.17) is 67.8 Å². The van der Waals surface area contributed by atoms with Crippen LogP contribution in [0.3, 0.4) is 0 Å². The van der Waals surface area contributed by atoms with Gasteiger partial charge in [-0.3, -0.25) is 4.79 Å². The first-order chi connectivity index (χ1) is 12.3. The molecular formula is C18H15Cl5O3. The summed E-state index contributed by atoms with van der Waals surface area (Å²) >= 11 is 31.7. The normalized spacial score (nSPS) is 10.8. The molecule has 0 aromatic heterocycles. The first-order valence-corrected chi connectivity index (χ1v) is 9.69. The van der Waals surface area contributed by atoms with Crippen molar-refractivity contribution in [2.45, 2.75) is 25.7 Å². The van der Waals surface area contributed by atoms with Gasteiger partial charge in [-0.2, -0.15) is 0 Å². The van der Waals surface area contributed by atoms with Gasteiger partial charge in [-0.25, -0.2) is 0 Å². The molecule has 0 amide bonds. The molecule has 0 aliphatic carbocycles. The molecule has 0 saturated heterocycles. The molecule has 0 bridgehead atoms. The zero-order valence-electron chi connectivity index (χ0n) is 13.5. The molecule has 26 heavy (non-hydrogen) atoms. The molecule has 0 atom stereocenters. The largest absolute Gasteiger partial charge is 0.490 e. The standard InChI is InChI=1S/C18H15Cl5O3/c19-11-7-4-3-6-10(11)13-14(20)16(22)18(17(23)15(13)21)26-9-5-1-2-8-12(24)25/h3-4,6-7H,1-2,5,8-9H2,(H,24,25). The second-order valence-electron chi connectivity index (χ2n) is 5.49. The van der Waals surface area contributed by atoms with Crippen molar-refractivity contribution in [3.05, 3.63) is 49.4 Å². The van der Waals surface area contributed by atoms with E-state index in [1.54, 1.807) is 24.3 Å². The first kappa shape index (κ1) is 21.5. The van der Waals surface area contributed by atoms with Crippen molar-refractivity contribution in [1.29, 1.82) is 0 Å². The molecule has 0 radical (unpaired) electrons. The molecule has 2 aromatic rings. The number of unbranched alkanes of at least 4 members (excludes halogenated alkanes) is 2. The number of carboxylic acid groups (broad SMARTS) is 1. The van der Waals surface area contributed by atoms with Crippen molar-refractivity contribution in [1.82, 2.24) is 0 Å². The number of carbonyl (C=O) groups is 1. The van der Waals surface area contributed by atoms with E-state index in [9.17, 15) is 4.79 Å². The fourth-order valence-electron chi connectivity index (χ4n) is 2.37. The maximum absolute atomic E-state index is 10.5. The van der Waals surface area contributed by atoms with Crippen LogP contribution in [-0.4, -0.2) is 17.7 Å². The minimum atomic E-state index is -0.814. The van der Waals surface area contributed by atoms with Crippen LogP contribution >= 0.6 is 58.0 Å². The third-order valence-electron chi connectivity index (χ3n) is 3.65. The minimum Gasteiger partial charge on any atom is -0.490 e. The zero-order valence-corrected chi connectivity index (χ0v) is 17.3. The second-order valence-corrected chi connectivity index (χ2v) is 7.41. The Morgan fingerprint density at radius 3 is 2.08 bits per heavy atom. The smallest absolute Gasteiger partial charge is 0.303 e. The van der Waals surface area contributed by atoms with E-state index in [0.29, 0.717) is 42.0 Å². The highest BCUT2D eigenvalue weighted by Crippen LogP contribution is 2.51. The Hall–Kier alpha value is -0.840. The molecule has 0 aliphatic heterocycles. The quantitative estimate of drug-likeness (QED) is 0.328. The van der Waals surface area contributed by atoms with Gasteiger partial charge < -0.3 is 9.84 Å². The summed E-state index contributed by atoms with van der Waals surface area (Å²) in [5.74, 6) is -0.608. The van der Waals surface area contributed by atoms with E-state index in [1.807, 2.05) is 0 Å². The molecule has 0 fully saturated rings. The number of hydrogen-bond acceptors (Lipinski definition) is 2. The van der Waals surface area contributed by atoms with E-state index in [1.165, 1.54) is 0 Å². The highest BCUT2D eigenvalue weighted by Gasteiger charge is 2.23. The van der Waals surface area contributed by atoms with Gasteiger partial charge in [-0.15, -0.1) is 0 Å². The van der Waals surface area contributed by atoms with Crippen molar-refractivity contribution in [3.63, 3.8) is 0 Å². The summed E-state index contributed by atoms with van der Waals surface area (Å²) in [5, 5.41) is 9.80. The molecule has 8 heteroatoms.